The summed E-state index contributed by atoms with van der Waals surface area (Å²) < 4.78 is 51.2. The van der Waals surface area contributed by atoms with Crippen LogP contribution in [0.15, 0.2) is 25.0 Å². The van der Waals surface area contributed by atoms with E-state index in [4.69, 9.17) is 20.3 Å². The van der Waals surface area contributed by atoms with Crippen molar-refractivity contribution in [1.29, 1.82) is 0 Å². The van der Waals surface area contributed by atoms with Crippen LogP contribution >= 0.6 is 23.5 Å². The molecule has 1 saturated heterocycles. The minimum absolute atomic E-state index is 0. The summed E-state index contributed by atoms with van der Waals surface area (Å²) in [6, 6.07) is 0. The summed E-state index contributed by atoms with van der Waals surface area (Å²) in [5.41, 5.74) is 5.90. The molecule has 0 bridgehead atoms. The number of anilines is 1. The number of aliphatic hydroxyl groups excluding tert-OH is 2. The number of fused-ring (bicyclic) bond motifs is 1. The van der Waals surface area contributed by atoms with Gasteiger partial charge in [0.25, 0.3) is 7.82 Å². The van der Waals surface area contributed by atoms with Crippen LogP contribution in [0.25, 0.3) is 11.2 Å². The number of imidazole rings is 1. The molecular weight excluding hydrogens is 517 g/mol. The van der Waals surface area contributed by atoms with Gasteiger partial charge in [-0.15, -0.1) is 0 Å². The van der Waals surface area contributed by atoms with E-state index < -0.39 is 53.8 Å². The molecule has 6 atom stereocenters. The number of aromatic nitrogens is 4. The van der Waals surface area contributed by atoms with Crippen LogP contribution in [0.1, 0.15) is 6.23 Å². The summed E-state index contributed by atoms with van der Waals surface area (Å²) in [6.45, 7) is 3.18. The summed E-state index contributed by atoms with van der Waals surface area (Å²) in [6.07, 6.45) is -4.44. The number of rotatable bonds is 8. The molecule has 2 aromatic heterocycles. The van der Waals surface area contributed by atoms with Crippen LogP contribution in [-0.4, -0.2) is 57.8 Å². The first-order chi connectivity index (χ1) is 14.6. The average Bonchev–Trinajstić information content (AvgIpc) is 3.14. The Morgan fingerprint density at radius 2 is 1.71 bits per heavy atom. The summed E-state index contributed by atoms with van der Waals surface area (Å²) in [7, 11) is -17.7. The van der Waals surface area contributed by atoms with E-state index in [1.54, 1.807) is 0 Å². The molecule has 3 heterocycles. The zero-order valence-electron chi connectivity index (χ0n) is 17.3. The van der Waals surface area contributed by atoms with Crippen LogP contribution in [-0.2, 0) is 31.6 Å². The minimum atomic E-state index is -6.08. The summed E-state index contributed by atoms with van der Waals surface area (Å²) in [4.78, 5) is 51.6. The van der Waals surface area contributed by atoms with Crippen LogP contribution in [0.2, 0.25) is 0 Å². The first-order valence-corrected chi connectivity index (χ1v) is 12.5. The third-order valence-corrected chi connectivity index (χ3v) is 7.56. The zero-order valence-corrected chi connectivity index (χ0v) is 20.0. The van der Waals surface area contributed by atoms with E-state index in [2.05, 4.69) is 34.7 Å². The molecule has 3 rings (SSSR count). The molecule has 2 unspecified atom stereocenters. The van der Waals surface area contributed by atoms with Crippen molar-refractivity contribution in [2.24, 2.45) is 0 Å². The van der Waals surface area contributed by atoms with Gasteiger partial charge in [-0.05, 0) is 0 Å². The second-order valence-corrected chi connectivity index (χ2v) is 10.4. The fourth-order valence-electron chi connectivity index (χ4n) is 2.69. The number of hydrogen-bond acceptors (Lipinski definition) is 15. The van der Waals surface area contributed by atoms with E-state index in [0.717, 1.165) is 17.2 Å². The van der Waals surface area contributed by atoms with E-state index in [0.29, 0.717) is 0 Å². The quantitative estimate of drug-likeness (QED) is 0.120. The molecular formula is C11H14Li2N5O13P3. The minimum Gasteiger partial charge on any atom is -0.756 e. The Labute approximate surface area is 213 Å². The molecule has 1 aliphatic rings. The van der Waals surface area contributed by atoms with Crippen molar-refractivity contribution in [2.45, 2.75) is 24.5 Å². The summed E-state index contributed by atoms with van der Waals surface area (Å²) >= 11 is 0. The zero-order chi connectivity index (χ0) is 24.1. The fourth-order valence-corrected chi connectivity index (χ4v) is 5.63. The molecule has 2 aromatic rings. The van der Waals surface area contributed by atoms with Crippen molar-refractivity contribution in [3.8, 4) is 0 Å². The van der Waals surface area contributed by atoms with Gasteiger partial charge < -0.3 is 44.8 Å². The monoisotopic (exact) mass is 531 g/mol. The molecule has 1 fully saturated rings. The maximum atomic E-state index is 11.8. The average molecular weight is 531 g/mol. The Balaban J connectivity index is 0.00000289. The van der Waals surface area contributed by atoms with Gasteiger partial charge in [-0.2, -0.15) is 0 Å². The van der Waals surface area contributed by atoms with E-state index in [1.165, 1.54) is 0 Å². The van der Waals surface area contributed by atoms with Crippen molar-refractivity contribution in [3.63, 3.8) is 0 Å². The smallest absolute Gasteiger partial charge is 0.756 e. The van der Waals surface area contributed by atoms with Gasteiger partial charge in [0.05, 0.1) is 6.33 Å². The molecule has 23 heteroatoms. The third-order valence-electron chi connectivity index (χ3n) is 3.85. The van der Waals surface area contributed by atoms with Crippen LogP contribution in [0.5, 0.6) is 0 Å². The van der Waals surface area contributed by atoms with Gasteiger partial charge in [-0.25, -0.2) is 28.1 Å². The van der Waals surface area contributed by atoms with Crippen molar-refractivity contribution >= 4 is 40.4 Å². The van der Waals surface area contributed by atoms with Gasteiger partial charge in [0, 0.05) is 0 Å². The molecule has 0 aromatic carbocycles. The predicted molar refractivity (Wildman–Crippen MR) is 95.3 cm³/mol. The first kappa shape index (κ1) is 31.4. The number of aliphatic hydroxyl groups is 2. The van der Waals surface area contributed by atoms with Crippen LogP contribution in [0, 0.1) is 0 Å². The van der Waals surface area contributed by atoms with Crippen molar-refractivity contribution < 1.29 is 99.1 Å². The largest absolute Gasteiger partial charge is 1.00 e. The number of ether oxygens (including phenoxy) is 1. The summed E-state index contributed by atoms with van der Waals surface area (Å²) in [5, 5.41) is 20.5. The Kier molecular flexibility index (Phi) is 10.4. The van der Waals surface area contributed by atoms with Crippen LogP contribution in [0.3, 0.4) is 0 Å². The Hall–Kier alpha value is -0.585. The molecule has 178 valence electrons. The Morgan fingerprint density at radius 3 is 2.29 bits per heavy atom. The molecule has 6 N–H and O–H groups in total. The molecule has 0 spiro atoms. The molecule has 0 saturated carbocycles. The Bertz CT molecular complexity index is 1190. The molecule has 1 aliphatic heterocycles. The van der Waals surface area contributed by atoms with Crippen molar-refractivity contribution in [2.75, 3.05) is 5.73 Å². The van der Waals surface area contributed by atoms with Crippen LogP contribution < -0.4 is 53.2 Å². The van der Waals surface area contributed by atoms with E-state index in [9.17, 15) is 33.7 Å². The second-order valence-electron chi connectivity index (χ2n) is 6.12. The van der Waals surface area contributed by atoms with E-state index in [1.807, 2.05) is 0 Å². The topological polar surface area (TPSA) is 285 Å². The van der Waals surface area contributed by atoms with Gasteiger partial charge in [0.2, 0.25) is 0 Å². The van der Waals surface area contributed by atoms with Crippen molar-refractivity contribution in [1.82, 2.24) is 19.5 Å². The number of nitrogen functional groups attached to an aromatic ring is 1. The number of phosphoric ester groups is 1. The maximum Gasteiger partial charge on any atom is 1.00 e. The van der Waals surface area contributed by atoms with Gasteiger partial charge in [0.15, 0.2) is 17.7 Å². The molecule has 34 heavy (non-hydrogen) atoms. The van der Waals surface area contributed by atoms with Crippen LogP contribution in [0.4, 0.5) is 5.82 Å². The Morgan fingerprint density at radius 1 is 1.09 bits per heavy atom. The van der Waals surface area contributed by atoms with Gasteiger partial charge in [-0.1, -0.05) is 6.58 Å². The van der Waals surface area contributed by atoms with E-state index >= 15 is 0 Å². The second kappa shape index (κ2) is 11.2. The SMILES string of the molecule is C=C(OP(=O)([O-])OP(=O)([O-])OP(=O)(O)O)[C@H]1O[C@@H](n2cnc3c(N)ncnc32)[C@H](O)[C@@H]1O.[Li+].[Li+]. The van der Waals surface area contributed by atoms with Gasteiger partial charge >= 0.3 is 53.4 Å². The predicted octanol–water partition coefficient (Wildman–Crippen LogP) is -8.37. The maximum absolute atomic E-state index is 11.8. The van der Waals surface area contributed by atoms with E-state index in [-0.39, 0.29) is 54.7 Å². The summed E-state index contributed by atoms with van der Waals surface area (Å²) in [5.74, 6) is -0.929. The molecule has 0 radical (unpaired) electrons. The molecule has 18 nitrogen and oxygen atoms in total. The normalized spacial score (nSPS) is 26.1. The number of hydrogen-bond donors (Lipinski definition) is 5. The third kappa shape index (κ3) is 7.23. The molecule has 0 amide bonds. The van der Waals surface area contributed by atoms with Gasteiger partial charge in [-0.3, -0.25) is 13.7 Å². The van der Waals surface area contributed by atoms with Crippen molar-refractivity contribution in [3.05, 3.63) is 25.0 Å². The standard InChI is InChI=1S/C11H16N5O13P3.2Li/c1-4(27-31(22,23)29-32(24,25)28-30(19,20)21)8-6(17)7(18)11(26-8)16-3-15-5-9(12)13-2-14-10(5)16;;/h2-3,6-8,11,17-18H,1H2,(H,22,23)(H,24,25)(H2,12,13,14)(H2,19,20,21);;/q;2*+1/p-2/t6-,7+,8+,11+;;/m0../s1. The number of phosphoric acid groups is 3. The number of nitrogens with zero attached hydrogens (tertiary/aromatic N) is 4. The molecule has 0 aliphatic carbocycles. The number of nitrogens with two attached hydrogens (primary N) is 1. The fraction of sp³-hybridized carbons (Fsp3) is 0.364. The first-order valence-electron chi connectivity index (χ1n) is 8.03. The van der Waals surface area contributed by atoms with Gasteiger partial charge in [0.1, 0.15) is 35.9 Å².